The smallest absolute Gasteiger partial charge is 0.323 e. The monoisotopic (exact) mass is 258 g/mol. The second kappa shape index (κ2) is 5.30. The normalized spacial score (nSPS) is 9.95. The summed E-state index contributed by atoms with van der Waals surface area (Å²) in [4.78, 5) is 11.7. The van der Waals surface area contributed by atoms with Gasteiger partial charge in [-0.3, -0.25) is 0 Å². The third-order valence-corrected chi connectivity index (χ3v) is 2.51. The van der Waals surface area contributed by atoms with Crippen LogP contribution in [0.4, 0.5) is 16.2 Å². The molecule has 98 valence electrons. The van der Waals surface area contributed by atoms with E-state index in [1.54, 1.807) is 30.3 Å². The molecule has 0 bridgehead atoms. The summed E-state index contributed by atoms with van der Waals surface area (Å²) in [6.45, 7) is 1.84. The lowest BCUT2D eigenvalue weighted by atomic mass is 10.2. The van der Waals surface area contributed by atoms with Gasteiger partial charge < -0.3 is 20.8 Å². The maximum Gasteiger partial charge on any atom is 0.323 e. The average molecular weight is 258 g/mol. The van der Waals surface area contributed by atoms with Crippen molar-refractivity contribution in [3.05, 3.63) is 48.0 Å². The van der Waals surface area contributed by atoms with Gasteiger partial charge in [-0.05, 0) is 36.8 Å². The summed E-state index contributed by atoms with van der Waals surface area (Å²) in [5.41, 5.74) is 1.68. The molecule has 0 heterocycles. The largest absolute Gasteiger partial charge is 0.508 e. The summed E-state index contributed by atoms with van der Waals surface area (Å²) < 4.78 is 0. The van der Waals surface area contributed by atoms with Gasteiger partial charge in [-0.1, -0.05) is 12.1 Å². The number of aromatic hydroxyl groups is 2. The number of aryl methyl sites for hydroxylation is 1. The first-order chi connectivity index (χ1) is 9.04. The van der Waals surface area contributed by atoms with Crippen LogP contribution in [0.1, 0.15) is 5.56 Å². The van der Waals surface area contributed by atoms with Crippen LogP contribution in [-0.4, -0.2) is 16.2 Å². The Morgan fingerprint density at radius 2 is 1.84 bits per heavy atom. The van der Waals surface area contributed by atoms with Crippen molar-refractivity contribution >= 4 is 17.4 Å². The van der Waals surface area contributed by atoms with Crippen LogP contribution in [0.5, 0.6) is 11.5 Å². The van der Waals surface area contributed by atoms with Crippen LogP contribution in [0.3, 0.4) is 0 Å². The van der Waals surface area contributed by atoms with E-state index in [9.17, 15) is 15.0 Å². The summed E-state index contributed by atoms with van der Waals surface area (Å²) in [6.07, 6.45) is 0. The molecule has 2 rings (SSSR count). The number of phenolic OH excluding ortho intramolecular Hbond substituents is 2. The van der Waals surface area contributed by atoms with Crippen LogP contribution >= 0.6 is 0 Å². The van der Waals surface area contributed by atoms with E-state index in [2.05, 4.69) is 10.6 Å². The van der Waals surface area contributed by atoms with E-state index in [-0.39, 0.29) is 11.5 Å². The number of hydrogen-bond donors (Lipinski definition) is 4. The van der Waals surface area contributed by atoms with Gasteiger partial charge >= 0.3 is 6.03 Å². The van der Waals surface area contributed by atoms with Crippen molar-refractivity contribution in [3.8, 4) is 11.5 Å². The maximum atomic E-state index is 11.7. The zero-order chi connectivity index (χ0) is 13.8. The van der Waals surface area contributed by atoms with Gasteiger partial charge in [-0.2, -0.15) is 0 Å². The number of urea groups is 1. The van der Waals surface area contributed by atoms with Crippen molar-refractivity contribution in [2.75, 3.05) is 10.6 Å². The molecular weight excluding hydrogens is 244 g/mol. The summed E-state index contributed by atoms with van der Waals surface area (Å²) >= 11 is 0. The highest BCUT2D eigenvalue weighted by Gasteiger charge is 2.06. The molecular formula is C14H14N2O3. The Labute approximate surface area is 110 Å². The Hall–Kier alpha value is -2.69. The van der Waals surface area contributed by atoms with Gasteiger partial charge in [0.2, 0.25) is 0 Å². The van der Waals surface area contributed by atoms with E-state index in [0.29, 0.717) is 11.4 Å². The van der Waals surface area contributed by atoms with Crippen molar-refractivity contribution in [2.24, 2.45) is 0 Å². The molecule has 5 nitrogen and oxygen atoms in total. The highest BCUT2D eigenvalue weighted by atomic mass is 16.3. The molecule has 0 aromatic heterocycles. The molecule has 0 unspecified atom stereocenters. The molecule has 4 N–H and O–H groups in total. The number of nitrogens with one attached hydrogen (secondary N) is 2. The molecule has 2 aromatic carbocycles. The van der Waals surface area contributed by atoms with Crippen molar-refractivity contribution in [1.82, 2.24) is 0 Å². The van der Waals surface area contributed by atoms with Crippen LogP contribution in [0.2, 0.25) is 0 Å². The standard InChI is InChI=1S/C14H14N2O3/c1-9-5-6-12(13(18)7-9)16-14(19)15-10-3-2-4-11(17)8-10/h2-8,17-18H,1H3,(H2,15,16,19). The quantitative estimate of drug-likeness (QED) is 0.625. The third kappa shape index (κ3) is 3.38. The zero-order valence-corrected chi connectivity index (χ0v) is 10.3. The number of anilines is 2. The van der Waals surface area contributed by atoms with Crippen LogP contribution < -0.4 is 10.6 Å². The van der Waals surface area contributed by atoms with E-state index in [1.165, 1.54) is 12.1 Å². The van der Waals surface area contributed by atoms with Gasteiger partial charge in [0.15, 0.2) is 0 Å². The molecule has 0 fully saturated rings. The molecule has 0 saturated heterocycles. The van der Waals surface area contributed by atoms with Crippen LogP contribution in [0, 0.1) is 6.92 Å². The van der Waals surface area contributed by atoms with Crippen molar-refractivity contribution in [3.63, 3.8) is 0 Å². The molecule has 0 saturated carbocycles. The fraction of sp³-hybridized carbons (Fsp3) is 0.0714. The van der Waals surface area contributed by atoms with Crippen LogP contribution in [0.15, 0.2) is 42.5 Å². The average Bonchev–Trinajstić information content (AvgIpc) is 2.33. The second-order valence-corrected chi connectivity index (χ2v) is 4.15. The first-order valence-corrected chi connectivity index (χ1v) is 5.71. The van der Waals surface area contributed by atoms with Crippen LogP contribution in [0.25, 0.3) is 0 Å². The fourth-order valence-electron chi connectivity index (χ4n) is 1.62. The highest BCUT2D eigenvalue weighted by molar-refractivity contribution is 6.00. The van der Waals surface area contributed by atoms with Gasteiger partial charge in [0, 0.05) is 11.8 Å². The molecule has 5 heteroatoms. The van der Waals surface area contributed by atoms with Gasteiger partial charge in [0.05, 0.1) is 5.69 Å². The Bertz CT molecular complexity index is 611. The van der Waals surface area contributed by atoms with E-state index in [0.717, 1.165) is 5.56 Å². The van der Waals surface area contributed by atoms with E-state index >= 15 is 0 Å². The number of amides is 2. The molecule has 0 atom stereocenters. The topological polar surface area (TPSA) is 81.6 Å². The SMILES string of the molecule is Cc1ccc(NC(=O)Nc2cccc(O)c2)c(O)c1. The molecule has 0 aliphatic rings. The van der Waals surface area contributed by atoms with Gasteiger partial charge in [0.25, 0.3) is 0 Å². The molecule has 0 spiro atoms. The minimum atomic E-state index is -0.496. The van der Waals surface area contributed by atoms with Gasteiger partial charge in [-0.25, -0.2) is 4.79 Å². The molecule has 2 aromatic rings. The van der Waals surface area contributed by atoms with E-state index in [4.69, 9.17) is 0 Å². The lowest BCUT2D eigenvalue weighted by Crippen LogP contribution is -2.19. The van der Waals surface area contributed by atoms with E-state index < -0.39 is 6.03 Å². The Balaban J connectivity index is 2.05. The first-order valence-electron chi connectivity index (χ1n) is 5.71. The van der Waals surface area contributed by atoms with Crippen molar-refractivity contribution in [1.29, 1.82) is 0 Å². The predicted octanol–water partition coefficient (Wildman–Crippen LogP) is 3.05. The lowest BCUT2D eigenvalue weighted by molar-refractivity contribution is 0.262. The Morgan fingerprint density at radius 1 is 1.05 bits per heavy atom. The number of carbonyl (C=O) groups excluding carboxylic acids is 1. The van der Waals surface area contributed by atoms with Crippen molar-refractivity contribution in [2.45, 2.75) is 6.92 Å². The lowest BCUT2D eigenvalue weighted by Gasteiger charge is -2.09. The first kappa shape index (κ1) is 12.8. The summed E-state index contributed by atoms with van der Waals surface area (Å²) in [5.74, 6) is 0.0713. The Morgan fingerprint density at radius 3 is 2.53 bits per heavy atom. The minimum Gasteiger partial charge on any atom is -0.508 e. The van der Waals surface area contributed by atoms with Crippen molar-refractivity contribution < 1.29 is 15.0 Å². The molecule has 0 radical (unpaired) electrons. The maximum absolute atomic E-state index is 11.7. The van der Waals surface area contributed by atoms with Gasteiger partial charge in [0.1, 0.15) is 11.5 Å². The summed E-state index contributed by atoms with van der Waals surface area (Å²) in [7, 11) is 0. The number of phenols is 2. The number of carbonyl (C=O) groups is 1. The van der Waals surface area contributed by atoms with E-state index in [1.807, 2.05) is 6.92 Å². The summed E-state index contributed by atoms with van der Waals surface area (Å²) in [5, 5.41) is 24.0. The predicted molar refractivity (Wildman–Crippen MR) is 73.6 cm³/mol. The molecule has 2 amide bonds. The highest BCUT2D eigenvalue weighted by Crippen LogP contribution is 2.24. The Kier molecular flexibility index (Phi) is 3.56. The van der Waals surface area contributed by atoms with Crippen LogP contribution in [-0.2, 0) is 0 Å². The second-order valence-electron chi connectivity index (χ2n) is 4.15. The molecule has 0 aliphatic carbocycles. The fourth-order valence-corrected chi connectivity index (χ4v) is 1.62. The van der Waals surface area contributed by atoms with Gasteiger partial charge in [-0.15, -0.1) is 0 Å². The minimum absolute atomic E-state index is 0.00561. The number of rotatable bonds is 2. The molecule has 19 heavy (non-hydrogen) atoms. The summed E-state index contributed by atoms with van der Waals surface area (Å²) in [6, 6.07) is 10.7. The number of hydrogen-bond acceptors (Lipinski definition) is 3. The number of benzene rings is 2. The molecule has 0 aliphatic heterocycles. The zero-order valence-electron chi connectivity index (χ0n) is 10.3. The third-order valence-electron chi connectivity index (χ3n) is 2.51.